The number of benzene rings is 7. The molecule has 0 aromatic heterocycles. The van der Waals surface area contributed by atoms with Gasteiger partial charge >= 0.3 is 0 Å². The Labute approximate surface area is 204 Å². The van der Waals surface area contributed by atoms with Crippen molar-refractivity contribution < 1.29 is 4.80 Å². The van der Waals surface area contributed by atoms with Gasteiger partial charge in [0.1, 0.15) is 0 Å². The second-order valence-electron chi connectivity index (χ2n) is 8.96. The lowest BCUT2D eigenvalue weighted by molar-refractivity contribution is 0.607. The largest absolute Gasteiger partial charge is 0.430 e. The topological polar surface area (TPSA) is 20.2 Å². The van der Waals surface area contributed by atoms with Gasteiger partial charge in [0, 0.05) is 9.76 Å². The molecule has 0 fully saturated rings. The first-order chi connectivity index (χ1) is 16.7. The Balaban J connectivity index is 1.54. The summed E-state index contributed by atoms with van der Waals surface area (Å²) in [5.41, 5.74) is 0. The minimum absolute atomic E-state index is 0.367. The van der Waals surface area contributed by atoms with E-state index in [0.29, 0.717) is 8.55 Å². The van der Waals surface area contributed by atoms with Crippen LogP contribution in [0, 0.1) is 0 Å². The van der Waals surface area contributed by atoms with Crippen LogP contribution >= 0.6 is 0 Å². The molecule has 0 amide bonds. The Morgan fingerprint density at radius 1 is 0.471 bits per heavy atom. The van der Waals surface area contributed by atoms with Gasteiger partial charge in [0.05, 0.1) is 8.55 Å². The fourth-order valence-electron chi connectivity index (χ4n) is 5.30. The van der Waals surface area contributed by atoms with Crippen LogP contribution in [0.3, 0.4) is 0 Å². The summed E-state index contributed by atoms with van der Waals surface area (Å²) in [6, 6.07) is 37.7. The fourth-order valence-corrected chi connectivity index (χ4v) is 8.43. The average Bonchev–Trinajstić information content (AvgIpc) is 2.87. The molecule has 7 aromatic carbocycles. The highest BCUT2D eigenvalue weighted by atomic mass is 29.5. The highest BCUT2D eigenvalue weighted by Crippen LogP contribution is 2.34. The molecule has 6 radical (unpaired) electrons. The molecule has 0 aliphatic carbocycles. The Morgan fingerprint density at radius 2 is 0.912 bits per heavy atom. The Kier molecular flexibility index (Phi) is 4.51. The molecule has 1 N–H and O–H groups in total. The van der Waals surface area contributed by atoms with Crippen molar-refractivity contribution in [2.75, 3.05) is 0 Å². The van der Waals surface area contributed by atoms with Crippen molar-refractivity contribution in [2.45, 2.75) is 0 Å². The summed E-state index contributed by atoms with van der Waals surface area (Å²) < 4.78 is 0. The van der Waals surface area contributed by atoms with E-state index in [1.165, 1.54) is 59.2 Å². The lowest BCUT2D eigenvalue weighted by atomic mass is 9.94. The van der Waals surface area contributed by atoms with Gasteiger partial charge in [0.25, 0.3) is 0 Å². The third-order valence-corrected chi connectivity index (χ3v) is 11.8. The maximum absolute atomic E-state index is 10.7. The average molecular weight is 479 g/mol. The van der Waals surface area contributed by atoms with E-state index in [2.05, 4.69) is 113 Å². The molecular formula is C30H18OSi3. The van der Waals surface area contributed by atoms with Crippen molar-refractivity contribution in [2.24, 2.45) is 0 Å². The van der Waals surface area contributed by atoms with Crippen LogP contribution in [0.4, 0.5) is 0 Å². The Morgan fingerprint density at radius 3 is 1.50 bits per heavy atom. The number of hydrogen-bond acceptors (Lipinski definition) is 1. The van der Waals surface area contributed by atoms with E-state index in [1.807, 2.05) is 0 Å². The van der Waals surface area contributed by atoms with E-state index in [0.717, 1.165) is 10.6 Å². The monoisotopic (exact) mass is 478 g/mol. The Bertz CT molecular complexity index is 1930. The summed E-state index contributed by atoms with van der Waals surface area (Å²) in [5, 5.41) is 16.0. The molecule has 0 spiro atoms. The summed E-state index contributed by atoms with van der Waals surface area (Å²) in [6.07, 6.45) is 0. The van der Waals surface area contributed by atoms with E-state index >= 15 is 0 Å². The quantitative estimate of drug-likeness (QED) is 0.181. The Hall–Kier alpha value is -3.29. The van der Waals surface area contributed by atoms with Crippen LogP contribution in [0.2, 0.25) is 0 Å². The van der Waals surface area contributed by atoms with Crippen molar-refractivity contribution >= 4 is 96.7 Å². The zero-order chi connectivity index (χ0) is 22.8. The van der Waals surface area contributed by atoms with Crippen LogP contribution in [0.1, 0.15) is 0 Å². The van der Waals surface area contributed by atoms with Gasteiger partial charge in [0.2, 0.25) is 8.56 Å². The van der Waals surface area contributed by atoms with Gasteiger partial charge in [-0.15, -0.1) is 0 Å². The lowest BCUT2D eigenvalue weighted by Crippen LogP contribution is -2.37. The lowest BCUT2D eigenvalue weighted by Gasteiger charge is -2.12. The van der Waals surface area contributed by atoms with Crippen LogP contribution in [-0.4, -0.2) is 31.7 Å². The van der Waals surface area contributed by atoms with Crippen molar-refractivity contribution in [1.29, 1.82) is 0 Å². The van der Waals surface area contributed by atoms with Crippen LogP contribution < -0.4 is 5.19 Å². The molecule has 0 saturated carbocycles. The van der Waals surface area contributed by atoms with E-state index in [9.17, 15) is 4.80 Å². The molecule has 0 atom stereocenters. The van der Waals surface area contributed by atoms with E-state index in [1.54, 1.807) is 0 Å². The highest BCUT2D eigenvalue weighted by molar-refractivity contribution is 7.33. The summed E-state index contributed by atoms with van der Waals surface area (Å²) in [7, 11) is 2.35. The summed E-state index contributed by atoms with van der Waals surface area (Å²) >= 11 is 0. The standard InChI is InChI=1S/C30H18OSi3/c31-34(33-32)30-7-3-6-20-12-24-14-22-9-8-21-13-23-10-18-4-1-2-5-19(18)11-25(23)15-27(21)28(22)16-26(24)17-29(20)30/h1-17,31H. The zero-order valence-corrected chi connectivity index (χ0v) is 21.3. The van der Waals surface area contributed by atoms with Crippen molar-refractivity contribution in [3.8, 4) is 0 Å². The van der Waals surface area contributed by atoms with Crippen molar-refractivity contribution in [3.05, 3.63) is 103 Å². The minimum atomic E-state index is -1.58. The van der Waals surface area contributed by atoms with Crippen molar-refractivity contribution in [1.82, 2.24) is 0 Å². The molecule has 156 valence electrons. The van der Waals surface area contributed by atoms with E-state index < -0.39 is 8.56 Å². The van der Waals surface area contributed by atoms with E-state index in [4.69, 9.17) is 0 Å². The summed E-state index contributed by atoms with van der Waals surface area (Å²) in [5.74, 6) is 0. The second kappa shape index (κ2) is 7.61. The predicted molar refractivity (Wildman–Crippen MR) is 151 cm³/mol. The molecule has 0 bridgehead atoms. The van der Waals surface area contributed by atoms with Crippen molar-refractivity contribution in [3.63, 3.8) is 0 Å². The molecular weight excluding hydrogens is 461 g/mol. The fraction of sp³-hybridized carbons (Fsp3) is 0. The molecule has 0 aliphatic heterocycles. The predicted octanol–water partition coefficient (Wildman–Crippen LogP) is 6.08. The van der Waals surface area contributed by atoms with Gasteiger partial charge in [-0.05, 0) is 118 Å². The third kappa shape index (κ3) is 3.07. The number of fused-ring (bicyclic) bond motifs is 7. The molecule has 4 heteroatoms. The van der Waals surface area contributed by atoms with Gasteiger partial charge in [0.15, 0.2) is 0 Å². The summed E-state index contributed by atoms with van der Waals surface area (Å²) in [4.78, 5) is 10.7. The third-order valence-electron chi connectivity index (χ3n) is 6.99. The van der Waals surface area contributed by atoms with Crippen LogP contribution in [0.25, 0.3) is 64.6 Å². The molecule has 34 heavy (non-hydrogen) atoms. The highest BCUT2D eigenvalue weighted by Gasteiger charge is 2.14. The normalized spacial score (nSPS) is 12.2. The molecule has 0 heterocycles. The summed E-state index contributed by atoms with van der Waals surface area (Å²) in [6.45, 7) is 0. The molecule has 0 saturated heterocycles. The first kappa shape index (κ1) is 20.1. The molecule has 0 unspecified atom stereocenters. The maximum atomic E-state index is 10.7. The van der Waals surface area contributed by atoms with Crippen LogP contribution in [0.5, 0.6) is 0 Å². The number of hydrogen-bond donors (Lipinski definition) is 1. The van der Waals surface area contributed by atoms with Crippen LogP contribution in [-0.2, 0) is 0 Å². The van der Waals surface area contributed by atoms with Crippen LogP contribution in [0.15, 0.2) is 103 Å². The molecule has 7 rings (SSSR count). The van der Waals surface area contributed by atoms with Gasteiger partial charge in [-0.2, -0.15) is 0 Å². The van der Waals surface area contributed by atoms with Gasteiger partial charge in [-0.1, -0.05) is 54.6 Å². The first-order valence-corrected chi connectivity index (χ1v) is 16.3. The van der Waals surface area contributed by atoms with Gasteiger partial charge in [-0.25, -0.2) is 0 Å². The minimum Gasteiger partial charge on any atom is -0.430 e. The smallest absolute Gasteiger partial charge is 0.216 e. The zero-order valence-electron chi connectivity index (χ0n) is 18.3. The molecule has 0 aliphatic rings. The SMILES string of the molecule is O[Si]([Si][Si])c1cccc2cc3cc4ccc5cc6cc7ccccc7cc6cc5c4cc3cc12. The maximum Gasteiger partial charge on any atom is 0.216 e. The second-order valence-corrected chi connectivity index (χ2v) is 14.9. The van der Waals surface area contributed by atoms with E-state index in [-0.39, 0.29) is 0 Å². The first-order valence-electron chi connectivity index (χ1n) is 11.3. The molecule has 1 nitrogen and oxygen atoms in total. The molecule has 7 aromatic rings. The number of rotatable bonds is 2. The van der Waals surface area contributed by atoms with Gasteiger partial charge < -0.3 is 4.80 Å². The van der Waals surface area contributed by atoms with Gasteiger partial charge in [-0.3, -0.25) is 0 Å².